The zero-order valence-corrected chi connectivity index (χ0v) is 25.4. The van der Waals surface area contributed by atoms with Crippen LogP contribution < -0.4 is 10.1 Å². The van der Waals surface area contributed by atoms with E-state index in [1.807, 2.05) is 30.3 Å². The molecule has 1 aliphatic heterocycles. The summed E-state index contributed by atoms with van der Waals surface area (Å²) in [6.45, 7) is 12.0. The predicted octanol–water partition coefficient (Wildman–Crippen LogP) is 5.89. The van der Waals surface area contributed by atoms with Crippen molar-refractivity contribution in [2.75, 3.05) is 26.2 Å². The van der Waals surface area contributed by atoms with Gasteiger partial charge in [-0.2, -0.15) is 0 Å². The van der Waals surface area contributed by atoms with E-state index in [4.69, 9.17) is 18.9 Å². The van der Waals surface area contributed by atoms with Gasteiger partial charge in [0.05, 0.1) is 12.5 Å². The van der Waals surface area contributed by atoms with E-state index in [0.717, 1.165) is 5.56 Å². The largest absolute Gasteiger partial charge is 0.492 e. The molecule has 2 amide bonds. The Kier molecular flexibility index (Phi) is 11.2. The Balaban J connectivity index is 1.60. The minimum atomic E-state index is -0.704. The highest BCUT2D eigenvalue weighted by molar-refractivity contribution is 5.74. The van der Waals surface area contributed by atoms with E-state index < -0.39 is 41.1 Å². The summed E-state index contributed by atoms with van der Waals surface area (Å²) in [5, 5.41) is 2.60. The number of nitrogens with one attached hydrogen (secondary N) is 1. The lowest BCUT2D eigenvalue weighted by Crippen LogP contribution is -2.38. The van der Waals surface area contributed by atoms with Crippen LogP contribution in [0.15, 0.2) is 48.5 Å². The monoisotopic (exact) mass is 586 g/mol. The Labute approximate surface area is 247 Å². The van der Waals surface area contributed by atoms with Crippen LogP contribution in [0.2, 0.25) is 0 Å². The van der Waals surface area contributed by atoms with Crippen LogP contribution in [0.25, 0.3) is 0 Å². The van der Waals surface area contributed by atoms with Crippen molar-refractivity contribution in [1.29, 1.82) is 0 Å². The molecule has 2 atom stereocenters. The second kappa shape index (κ2) is 14.4. The fraction of sp³-hybridized carbons (Fsp3) is 0.531. The number of carbonyl (C=O) groups is 3. The third-order valence-corrected chi connectivity index (χ3v) is 6.39. The topological polar surface area (TPSA) is 103 Å². The van der Waals surface area contributed by atoms with Crippen LogP contribution in [0.1, 0.15) is 59.1 Å². The molecule has 0 spiro atoms. The first kappa shape index (κ1) is 32.7. The average Bonchev–Trinajstić information content (AvgIpc) is 3.37. The van der Waals surface area contributed by atoms with Crippen molar-refractivity contribution in [3.8, 4) is 5.75 Å². The molecule has 0 aromatic heterocycles. The third kappa shape index (κ3) is 11.2. The van der Waals surface area contributed by atoms with Crippen molar-refractivity contribution in [1.82, 2.24) is 10.2 Å². The molecule has 3 rings (SSSR count). The van der Waals surface area contributed by atoms with Gasteiger partial charge in [-0.3, -0.25) is 4.79 Å². The standard InChI is InChI=1S/C32H43FN2O7/c1-31(2,3)41-28(36)27(24-12-14-35(20-24)30(38)42-32(4,5)6)18-23-16-25(33)19-26(17-23)39-15-13-34-29(37)40-21-22-10-8-7-9-11-22/h7-11,16-17,19,24,27H,12-15,18,20-21H2,1-6H3,(H,34,37)/t24-,27-/m0/s1. The molecule has 9 nitrogen and oxygen atoms in total. The zero-order chi connectivity index (χ0) is 30.9. The number of amides is 2. The molecule has 1 heterocycles. The molecule has 0 radical (unpaired) electrons. The molecular formula is C32H43FN2O7. The van der Waals surface area contributed by atoms with Crippen LogP contribution >= 0.6 is 0 Å². The first-order valence-electron chi connectivity index (χ1n) is 14.3. The summed E-state index contributed by atoms with van der Waals surface area (Å²) < 4.78 is 36.7. The van der Waals surface area contributed by atoms with E-state index >= 15 is 0 Å². The summed E-state index contributed by atoms with van der Waals surface area (Å²) >= 11 is 0. The average molecular weight is 587 g/mol. The van der Waals surface area contributed by atoms with Crippen LogP contribution in [-0.4, -0.2) is 60.5 Å². The zero-order valence-electron chi connectivity index (χ0n) is 25.4. The SMILES string of the molecule is CC(C)(C)OC(=O)[C@@H](Cc1cc(F)cc(OCCNC(=O)OCc2ccccc2)c1)[C@H]1CCN(C(=O)OC(C)(C)C)C1. The lowest BCUT2D eigenvalue weighted by molar-refractivity contribution is -0.162. The molecule has 0 bridgehead atoms. The quantitative estimate of drug-likeness (QED) is 0.210. The highest BCUT2D eigenvalue weighted by Crippen LogP contribution is 2.31. The Morgan fingerprint density at radius 2 is 1.67 bits per heavy atom. The highest BCUT2D eigenvalue weighted by atomic mass is 19.1. The van der Waals surface area contributed by atoms with Gasteiger partial charge in [-0.05, 0) is 83.6 Å². The highest BCUT2D eigenvalue weighted by Gasteiger charge is 2.39. The molecule has 1 aliphatic rings. The minimum Gasteiger partial charge on any atom is -0.492 e. The van der Waals surface area contributed by atoms with Gasteiger partial charge in [0.25, 0.3) is 0 Å². The molecule has 10 heteroatoms. The van der Waals surface area contributed by atoms with Crippen molar-refractivity contribution < 1.29 is 37.7 Å². The number of hydrogen-bond donors (Lipinski definition) is 1. The van der Waals surface area contributed by atoms with E-state index in [1.165, 1.54) is 12.1 Å². The summed E-state index contributed by atoms with van der Waals surface area (Å²) in [4.78, 5) is 39.5. The number of alkyl carbamates (subject to hydrolysis) is 1. The maximum Gasteiger partial charge on any atom is 0.410 e. The normalized spacial score (nSPS) is 16.0. The van der Waals surface area contributed by atoms with Gasteiger partial charge in [0.2, 0.25) is 0 Å². The molecule has 0 aliphatic carbocycles. The summed E-state index contributed by atoms with van der Waals surface area (Å²) in [5.74, 6) is -1.43. The number of benzene rings is 2. The first-order chi connectivity index (χ1) is 19.7. The van der Waals surface area contributed by atoms with Crippen molar-refractivity contribution >= 4 is 18.2 Å². The fourth-order valence-electron chi connectivity index (χ4n) is 4.60. The van der Waals surface area contributed by atoms with Crippen LogP contribution in [0.4, 0.5) is 14.0 Å². The van der Waals surface area contributed by atoms with Gasteiger partial charge in [0.1, 0.15) is 36.0 Å². The molecule has 2 aromatic rings. The van der Waals surface area contributed by atoms with Gasteiger partial charge in [-0.15, -0.1) is 0 Å². The van der Waals surface area contributed by atoms with Crippen LogP contribution in [0, 0.1) is 17.7 Å². The van der Waals surface area contributed by atoms with E-state index in [0.29, 0.717) is 25.1 Å². The van der Waals surface area contributed by atoms with Crippen LogP contribution in [-0.2, 0) is 32.0 Å². The first-order valence-corrected chi connectivity index (χ1v) is 14.3. The number of likely N-dealkylation sites (tertiary alicyclic amines) is 1. The molecular weight excluding hydrogens is 543 g/mol. The number of carbonyl (C=O) groups excluding carboxylic acids is 3. The summed E-state index contributed by atoms with van der Waals surface area (Å²) in [6, 6.07) is 13.6. The molecule has 1 N–H and O–H groups in total. The van der Waals surface area contributed by atoms with Crippen molar-refractivity contribution in [3.05, 3.63) is 65.5 Å². The van der Waals surface area contributed by atoms with Gasteiger partial charge >= 0.3 is 18.2 Å². The third-order valence-electron chi connectivity index (χ3n) is 6.39. The second-order valence-electron chi connectivity index (χ2n) is 12.5. The number of ether oxygens (including phenoxy) is 4. The number of hydrogen-bond acceptors (Lipinski definition) is 7. The van der Waals surface area contributed by atoms with Gasteiger partial charge in [0.15, 0.2) is 0 Å². The molecule has 0 saturated carbocycles. The number of halogens is 1. The summed E-state index contributed by atoms with van der Waals surface area (Å²) in [5.41, 5.74) is 0.0998. The number of nitrogens with zero attached hydrogens (tertiary/aromatic N) is 1. The molecule has 2 aromatic carbocycles. The minimum absolute atomic E-state index is 0.0896. The van der Waals surface area contributed by atoms with Gasteiger partial charge < -0.3 is 29.2 Å². The van der Waals surface area contributed by atoms with Crippen molar-refractivity contribution in [3.63, 3.8) is 0 Å². The van der Waals surface area contributed by atoms with E-state index in [2.05, 4.69) is 5.32 Å². The van der Waals surface area contributed by atoms with Crippen LogP contribution in [0.3, 0.4) is 0 Å². The summed E-state index contributed by atoms with van der Waals surface area (Å²) in [7, 11) is 0. The molecule has 230 valence electrons. The summed E-state index contributed by atoms with van der Waals surface area (Å²) in [6.07, 6.45) is -0.208. The maximum absolute atomic E-state index is 14.6. The Hall–Kier alpha value is -3.82. The van der Waals surface area contributed by atoms with Crippen molar-refractivity contribution in [2.24, 2.45) is 11.8 Å². The lowest BCUT2D eigenvalue weighted by atomic mass is 9.86. The second-order valence-corrected chi connectivity index (χ2v) is 12.5. The molecule has 1 fully saturated rings. The van der Waals surface area contributed by atoms with E-state index in [9.17, 15) is 18.8 Å². The predicted molar refractivity (Wildman–Crippen MR) is 155 cm³/mol. The van der Waals surface area contributed by atoms with E-state index in [-0.39, 0.29) is 37.8 Å². The molecule has 1 saturated heterocycles. The van der Waals surface area contributed by atoms with Crippen molar-refractivity contribution in [2.45, 2.75) is 72.2 Å². The fourth-order valence-corrected chi connectivity index (χ4v) is 4.60. The maximum atomic E-state index is 14.6. The Bertz CT molecular complexity index is 1210. The molecule has 42 heavy (non-hydrogen) atoms. The lowest BCUT2D eigenvalue weighted by Gasteiger charge is -2.28. The van der Waals surface area contributed by atoms with Gasteiger partial charge in [0, 0.05) is 19.2 Å². The number of rotatable bonds is 10. The number of esters is 1. The smallest absolute Gasteiger partial charge is 0.410 e. The van der Waals surface area contributed by atoms with Gasteiger partial charge in [-0.1, -0.05) is 30.3 Å². The Morgan fingerprint density at radius 3 is 2.33 bits per heavy atom. The molecule has 0 unspecified atom stereocenters. The van der Waals surface area contributed by atoms with E-state index in [1.54, 1.807) is 52.5 Å². The van der Waals surface area contributed by atoms with Crippen LogP contribution in [0.5, 0.6) is 5.75 Å². The van der Waals surface area contributed by atoms with Gasteiger partial charge in [-0.25, -0.2) is 14.0 Å². The Morgan fingerprint density at radius 1 is 0.976 bits per heavy atom.